The lowest BCUT2D eigenvalue weighted by Gasteiger charge is -2.02. The molecular formula is C16H13BrO2. The SMILES string of the molecule is O=C(C(=O)c1ccc(CCBr)cc1)c1ccccc1. The van der Waals surface area contributed by atoms with Crippen LogP contribution in [0.2, 0.25) is 0 Å². The van der Waals surface area contributed by atoms with Crippen LogP contribution in [0.3, 0.4) is 0 Å². The molecule has 0 fully saturated rings. The number of hydrogen-bond donors (Lipinski definition) is 0. The molecule has 0 saturated heterocycles. The summed E-state index contributed by atoms with van der Waals surface area (Å²) in [6, 6.07) is 15.8. The van der Waals surface area contributed by atoms with E-state index in [1.165, 1.54) is 0 Å². The van der Waals surface area contributed by atoms with Gasteiger partial charge in [-0.2, -0.15) is 0 Å². The fourth-order valence-corrected chi connectivity index (χ4v) is 2.24. The molecule has 0 bridgehead atoms. The Kier molecular flexibility index (Phi) is 4.63. The highest BCUT2D eigenvalue weighted by Gasteiger charge is 2.17. The van der Waals surface area contributed by atoms with Gasteiger partial charge in [0.25, 0.3) is 0 Å². The largest absolute Gasteiger partial charge is 0.285 e. The second-order valence-corrected chi connectivity index (χ2v) is 4.95. The van der Waals surface area contributed by atoms with Crippen LogP contribution in [0, 0.1) is 0 Å². The fourth-order valence-electron chi connectivity index (χ4n) is 1.78. The third-order valence-electron chi connectivity index (χ3n) is 2.84. The van der Waals surface area contributed by atoms with Crippen molar-refractivity contribution in [1.82, 2.24) is 0 Å². The molecule has 0 radical (unpaired) electrons. The molecule has 2 aromatic carbocycles. The lowest BCUT2D eigenvalue weighted by Crippen LogP contribution is -2.14. The maximum absolute atomic E-state index is 12.1. The zero-order valence-electron chi connectivity index (χ0n) is 10.3. The van der Waals surface area contributed by atoms with Gasteiger partial charge >= 0.3 is 0 Å². The van der Waals surface area contributed by atoms with Gasteiger partial charge in [0.05, 0.1) is 0 Å². The van der Waals surface area contributed by atoms with Crippen LogP contribution in [0.5, 0.6) is 0 Å². The van der Waals surface area contributed by atoms with Crippen LogP contribution < -0.4 is 0 Å². The van der Waals surface area contributed by atoms with Crippen molar-refractivity contribution < 1.29 is 9.59 Å². The second-order valence-electron chi connectivity index (χ2n) is 4.16. The van der Waals surface area contributed by atoms with E-state index >= 15 is 0 Å². The normalized spacial score (nSPS) is 10.2. The first kappa shape index (κ1) is 13.7. The molecule has 2 nitrogen and oxygen atoms in total. The fraction of sp³-hybridized carbons (Fsp3) is 0.125. The number of Topliss-reactive ketones (excluding diaryl/α,β-unsaturated/α-hetero) is 2. The van der Waals surface area contributed by atoms with E-state index in [9.17, 15) is 9.59 Å². The zero-order valence-corrected chi connectivity index (χ0v) is 11.9. The lowest BCUT2D eigenvalue weighted by molar-refractivity contribution is 0.0817. The summed E-state index contributed by atoms with van der Waals surface area (Å²) < 4.78 is 0. The minimum Gasteiger partial charge on any atom is -0.285 e. The van der Waals surface area contributed by atoms with Crippen LogP contribution in [0.1, 0.15) is 26.3 Å². The number of benzene rings is 2. The van der Waals surface area contributed by atoms with Gasteiger partial charge in [-0.15, -0.1) is 0 Å². The van der Waals surface area contributed by atoms with E-state index in [-0.39, 0.29) is 0 Å². The van der Waals surface area contributed by atoms with Gasteiger partial charge in [0.1, 0.15) is 0 Å². The highest BCUT2D eigenvalue weighted by molar-refractivity contribution is 9.09. The highest BCUT2D eigenvalue weighted by atomic mass is 79.9. The Morgan fingerprint density at radius 2 is 1.32 bits per heavy atom. The summed E-state index contributed by atoms with van der Waals surface area (Å²) in [5, 5.41) is 0.878. The molecule has 0 saturated carbocycles. The quantitative estimate of drug-likeness (QED) is 0.479. The number of aryl methyl sites for hydroxylation is 1. The smallest absolute Gasteiger partial charge is 0.233 e. The predicted octanol–water partition coefficient (Wildman–Crippen LogP) is 3.69. The summed E-state index contributed by atoms with van der Waals surface area (Å²) in [4.78, 5) is 24.1. The van der Waals surface area contributed by atoms with Crippen molar-refractivity contribution in [3.8, 4) is 0 Å². The van der Waals surface area contributed by atoms with Gasteiger partial charge in [-0.25, -0.2) is 0 Å². The van der Waals surface area contributed by atoms with Crippen molar-refractivity contribution in [3.63, 3.8) is 0 Å². The highest BCUT2D eigenvalue weighted by Crippen LogP contribution is 2.10. The molecule has 19 heavy (non-hydrogen) atoms. The summed E-state index contributed by atoms with van der Waals surface area (Å²) in [6.45, 7) is 0. The topological polar surface area (TPSA) is 34.1 Å². The summed E-state index contributed by atoms with van der Waals surface area (Å²) in [6.07, 6.45) is 0.904. The Morgan fingerprint density at radius 3 is 1.84 bits per heavy atom. The second kappa shape index (κ2) is 6.43. The van der Waals surface area contributed by atoms with Crippen LogP contribution in [0.25, 0.3) is 0 Å². The van der Waals surface area contributed by atoms with E-state index < -0.39 is 11.6 Å². The summed E-state index contributed by atoms with van der Waals surface area (Å²) in [7, 11) is 0. The zero-order chi connectivity index (χ0) is 13.7. The van der Waals surface area contributed by atoms with Crippen molar-refractivity contribution in [1.29, 1.82) is 0 Å². The molecule has 3 heteroatoms. The van der Waals surface area contributed by atoms with E-state index in [4.69, 9.17) is 0 Å². The molecular weight excluding hydrogens is 304 g/mol. The van der Waals surface area contributed by atoms with Gasteiger partial charge in [0.15, 0.2) is 0 Å². The molecule has 0 N–H and O–H groups in total. The lowest BCUT2D eigenvalue weighted by atomic mass is 10.0. The van der Waals surface area contributed by atoms with Crippen LogP contribution in [-0.2, 0) is 6.42 Å². The van der Waals surface area contributed by atoms with Crippen molar-refractivity contribution >= 4 is 27.5 Å². The van der Waals surface area contributed by atoms with E-state index in [1.54, 1.807) is 36.4 Å². The Morgan fingerprint density at radius 1 is 0.789 bits per heavy atom. The third kappa shape index (κ3) is 3.38. The molecule has 0 spiro atoms. The van der Waals surface area contributed by atoms with Crippen molar-refractivity contribution in [2.24, 2.45) is 0 Å². The first-order chi connectivity index (χ1) is 9.22. The van der Waals surface area contributed by atoms with Crippen LogP contribution in [0.15, 0.2) is 54.6 Å². The molecule has 96 valence electrons. The summed E-state index contributed by atoms with van der Waals surface area (Å²) >= 11 is 3.37. The van der Waals surface area contributed by atoms with Crippen molar-refractivity contribution in [2.45, 2.75) is 6.42 Å². The number of carbonyl (C=O) groups excluding carboxylic acids is 2. The maximum Gasteiger partial charge on any atom is 0.233 e. The van der Waals surface area contributed by atoms with Gasteiger partial charge in [-0.3, -0.25) is 9.59 Å². The third-order valence-corrected chi connectivity index (χ3v) is 3.24. The Hall–Kier alpha value is -1.74. The van der Waals surface area contributed by atoms with E-state index in [0.29, 0.717) is 11.1 Å². The number of carbonyl (C=O) groups is 2. The van der Waals surface area contributed by atoms with Gasteiger partial charge < -0.3 is 0 Å². The summed E-state index contributed by atoms with van der Waals surface area (Å²) in [5.41, 5.74) is 2.00. The van der Waals surface area contributed by atoms with Crippen LogP contribution in [0.4, 0.5) is 0 Å². The standard InChI is InChI=1S/C16H13BrO2/c17-11-10-12-6-8-14(9-7-12)16(19)15(18)13-4-2-1-3-5-13/h1-9H,10-11H2. The van der Waals surface area contributed by atoms with E-state index in [2.05, 4.69) is 15.9 Å². The first-order valence-electron chi connectivity index (χ1n) is 6.01. The average Bonchev–Trinajstić information content (AvgIpc) is 2.48. The average molecular weight is 317 g/mol. The monoisotopic (exact) mass is 316 g/mol. The number of hydrogen-bond acceptors (Lipinski definition) is 2. The number of rotatable bonds is 5. The van der Waals surface area contributed by atoms with Gasteiger partial charge in [0, 0.05) is 16.5 Å². The van der Waals surface area contributed by atoms with Gasteiger partial charge in [-0.05, 0) is 12.0 Å². The number of alkyl halides is 1. The molecule has 0 heterocycles. The van der Waals surface area contributed by atoms with Crippen LogP contribution >= 0.6 is 15.9 Å². The molecule has 0 aromatic heterocycles. The van der Waals surface area contributed by atoms with E-state index in [0.717, 1.165) is 17.3 Å². The first-order valence-corrected chi connectivity index (χ1v) is 7.13. The Bertz CT molecular complexity index is 573. The van der Waals surface area contributed by atoms with Crippen LogP contribution in [-0.4, -0.2) is 16.9 Å². The van der Waals surface area contributed by atoms with Gasteiger partial charge in [-0.1, -0.05) is 70.5 Å². The van der Waals surface area contributed by atoms with Gasteiger partial charge in [0.2, 0.25) is 11.6 Å². The number of ketones is 2. The van der Waals surface area contributed by atoms with E-state index in [1.807, 2.05) is 18.2 Å². The molecule has 0 atom stereocenters. The number of halogens is 1. The minimum atomic E-state index is -0.464. The molecule has 0 aliphatic rings. The molecule has 0 aliphatic carbocycles. The summed E-state index contributed by atoms with van der Waals surface area (Å²) in [5.74, 6) is -0.926. The predicted molar refractivity (Wildman–Crippen MR) is 79.0 cm³/mol. The van der Waals surface area contributed by atoms with Crippen molar-refractivity contribution in [3.05, 3.63) is 71.3 Å². The Labute approximate surface area is 120 Å². The molecule has 2 rings (SSSR count). The molecule has 0 amide bonds. The molecule has 0 unspecified atom stereocenters. The molecule has 2 aromatic rings. The minimum absolute atomic E-state index is 0.428. The maximum atomic E-state index is 12.1. The van der Waals surface area contributed by atoms with Crippen molar-refractivity contribution in [2.75, 3.05) is 5.33 Å². The molecule has 0 aliphatic heterocycles. The Balaban J connectivity index is 2.18.